The molecule has 0 unspecified atom stereocenters. The van der Waals surface area contributed by atoms with Crippen molar-refractivity contribution in [1.82, 2.24) is 4.57 Å². The molecule has 0 bridgehead atoms. The average Bonchev–Trinajstić information content (AvgIpc) is 3.82. The van der Waals surface area contributed by atoms with Crippen LogP contribution >= 0.6 is 0 Å². The van der Waals surface area contributed by atoms with Gasteiger partial charge in [0.05, 0.1) is 11.0 Å². The highest BCUT2D eigenvalue weighted by Gasteiger charge is 2.17. The monoisotopic (exact) mass is 728 g/mol. The van der Waals surface area contributed by atoms with Gasteiger partial charge < -0.3 is 13.9 Å². The van der Waals surface area contributed by atoms with Crippen LogP contribution in [0.3, 0.4) is 0 Å². The first-order chi connectivity index (χ1) is 28.2. The smallest absolute Gasteiger partial charge is 0.135 e. The van der Waals surface area contributed by atoms with E-state index in [1.165, 1.54) is 55.2 Å². The minimum atomic E-state index is 0.908. The number of anilines is 3. The lowest BCUT2D eigenvalue weighted by atomic mass is 9.99. The Labute approximate surface area is 330 Å². The fourth-order valence-corrected chi connectivity index (χ4v) is 8.40. The third kappa shape index (κ3) is 5.76. The molecule has 0 radical (unpaired) electrons. The molecule has 3 heteroatoms. The molecule has 2 aromatic heterocycles. The Hall–Kier alpha value is -7.62. The Morgan fingerprint density at radius 1 is 0.298 bits per heavy atom. The van der Waals surface area contributed by atoms with Crippen LogP contribution in [-0.2, 0) is 0 Å². The number of nitrogens with zero attached hydrogens (tertiary/aromatic N) is 2. The summed E-state index contributed by atoms with van der Waals surface area (Å²) in [5, 5.41) is 4.71. The van der Waals surface area contributed by atoms with Crippen LogP contribution in [0, 0.1) is 0 Å². The molecular weight excluding hydrogens is 693 g/mol. The summed E-state index contributed by atoms with van der Waals surface area (Å²) < 4.78 is 8.54. The van der Waals surface area contributed by atoms with Crippen LogP contribution < -0.4 is 4.90 Å². The number of hydrogen-bond acceptors (Lipinski definition) is 2. The average molecular weight is 729 g/mol. The van der Waals surface area contributed by atoms with Crippen LogP contribution in [-0.4, -0.2) is 4.57 Å². The van der Waals surface area contributed by atoms with E-state index < -0.39 is 0 Å². The molecule has 9 aromatic carbocycles. The fraction of sp³-hybridized carbons (Fsp3) is 0. The molecule has 0 fully saturated rings. The van der Waals surface area contributed by atoms with Crippen molar-refractivity contribution in [2.24, 2.45) is 0 Å². The molecule has 268 valence electrons. The zero-order valence-corrected chi connectivity index (χ0v) is 31.1. The summed E-state index contributed by atoms with van der Waals surface area (Å²) in [6.07, 6.45) is 0. The van der Waals surface area contributed by atoms with E-state index in [1.54, 1.807) is 0 Å². The predicted octanol–water partition coefficient (Wildman–Crippen LogP) is 15.2. The normalized spacial score (nSPS) is 11.5. The van der Waals surface area contributed by atoms with Crippen LogP contribution in [0.15, 0.2) is 223 Å². The SMILES string of the molecule is c1ccc(-c2ccc(N(c3ccccc3)c3ccc(-c4ccc5c(c4)c4cc(-c6ccc7oc8ccccc8c7c6)ccc4n5-c4ccccc4)cc3)cc2)cc1. The van der Waals surface area contributed by atoms with Gasteiger partial charge in [0, 0.05) is 44.3 Å². The first-order valence-electron chi connectivity index (χ1n) is 19.4. The highest BCUT2D eigenvalue weighted by molar-refractivity contribution is 6.12. The molecule has 0 atom stereocenters. The van der Waals surface area contributed by atoms with Crippen molar-refractivity contribution >= 4 is 60.8 Å². The molecule has 0 N–H and O–H groups in total. The standard InChI is InChI=1S/C54H36N2O/c1-4-12-37(13-5-1)38-20-27-45(28-21-38)55(43-14-6-2-7-15-43)46-29-22-39(23-30-46)40-24-31-51-48(34-40)49-35-41(25-32-52(49)56(51)44-16-8-3-9-17-44)42-26-33-54-50(36-42)47-18-10-11-19-53(47)57-54/h1-36H. The summed E-state index contributed by atoms with van der Waals surface area (Å²) in [6.45, 7) is 0. The Bertz CT molecular complexity index is 3200. The molecule has 57 heavy (non-hydrogen) atoms. The van der Waals surface area contributed by atoms with E-state index in [0.717, 1.165) is 44.7 Å². The molecule has 0 amide bonds. The lowest BCUT2D eigenvalue weighted by Gasteiger charge is -2.26. The summed E-state index contributed by atoms with van der Waals surface area (Å²) in [7, 11) is 0. The number of benzene rings is 9. The van der Waals surface area contributed by atoms with Gasteiger partial charge in [0.25, 0.3) is 0 Å². The van der Waals surface area contributed by atoms with Gasteiger partial charge in [-0.1, -0.05) is 127 Å². The zero-order valence-electron chi connectivity index (χ0n) is 31.1. The maximum Gasteiger partial charge on any atom is 0.135 e. The highest BCUT2D eigenvalue weighted by atomic mass is 16.3. The Kier molecular flexibility index (Phi) is 7.82. The first-order valence-corrected chi connectivity index (χ1v) is 19.4. The summed E-state index contributed by atoms with van der Waals surface area (Å²) in [4.78, 5) is 2.32. The van der Waals surface area contributed by atoms with Crippen molar-refractivity contribution in [3.8, 4) is 39.1 Å². The molecule has 0 aliphatic heterocycles. The molecule has 0 aliphatic carbocycles. The minimum absolute atomic E-state index is 0.908. The number of furan rings is 1. The second-order valence-electron chi connectivity index (χ2n) is 14.6. The number of rotatable bonds is 7. The number of fused-ring (bicyclic) bond motifs is 6. The summed E-state index contributed by atoms with van der Waals surface area (Å²) in [6, 6.07) is 78.2. The van der Waals surface area contributed by atoms with Crippen LogP contribution in [0.25, 0.3) is 82.8 Å². The van der Waals surface area contributed by atoms with Crippen molar-refractivity contribution in [3.05, 3.63) is 218 Å². The zero-order chi connectivity index (χ0) is 37.7. The molecule has 11 rings (SSSR count). The van der Waals surface area contributed by atoms with Crippen molar-refractivity contribution in [1.29, 1.82) is 0 Å². The van der Waals surface area contributed by atoms with E-state index in [4.69, 9.17) is 4.42 Å². The molecule has 0 saturated carbocycles. The lowest BCUT2D eigenvalue weighted by Crippen LogP contribution is -2.09. The topological polar surface area (TPSA) is 21.3 Å². The summed E-state index contributed by atoms with van der Waals surface area (Å²) >= 11 is 0. The highest BCUT2D eigenvalue weighted by Crippen LogP contribution is 2.40. The van der Waals surface area contributed by atoms with Gasteiger partial charge in [-0.3, -0.25) is 0 Å². The number of hydrogen-bond donors (Lipinski definition) is 0. The van der Waals surface area contributed by atoms with Gasteiger partial charge in [0.1, 0.15) is 11.2 Å². The van der Waals surface area contributed by atoms with E-state index in [0.29, 0.717) is 0 Å². The van der Waals surface area contributed by atoms with E-state index in [9.17, 15) is 0 Å². The van der Waals surface area contributed by atoms with Gasteiger partial charge >= 0.3 is 0 Å². The molecule has 0 saturated heterocycles. The van der Waals surface area contributed by atoms with Crippen molar-refractivity contribution in [3.63, 3.8) is 0 Å². The van der Waals surface area contributed by atoms with Gasteiger partial charge in [0.2, 0.25) is 0 Å². The summed E-state index contributed by atoms with van der Waals surface area (Å²) in [5.41, 5.74) is 15.8. The quantitative estimate of drug-likeness (QED) is 0.163. The molecule has 2 heterocycles. The second kappa shape index (κ2) is 13.6. The molecule has 11 aromatic rings. The lowest BCUT2D eigenvalue weighted by molar-refractivity contribution is 0.669. The Morgan fingerprint density at radius 2 is 0.719 bits per heavy atom. The first kappa shape index (κ1) is 32.8. The van der Waals surface area contributed by atoms with Gasteiger partial charge in [-0.05, 0) is 124 Å². The van der Waals surface area contributed by atoms with Crippen molar-refractivity contribution < 1.29 is 4.42 Å². The fourth-order valence-electron chi connectivity index (χ4n) is 8.40. The van der Waals surface area contributed by atoms with Crippen LogP contribution in [0.2, 0.25) is 0 Å². The van der Waals surface area contributed by atoms with Gasteiger partial charge in [-0.25, -0.2) is 0 Å². The number of para-hydroxylation sites is 3. The Morgan fingerprint density at radius 3 is 1.35 bits per heavy atom. The minimum Gasteiger partial charge on any atom is -0.456 e. The van der Waals surface area contributed by atoms with E-state index in [1.807, 2.05) is 12.1 Å². The molecule has 0 aliphatic rings. The predicted molar refractivity (Wildman–Crippen MR) is 239 cm³/mol. The molecule has 3 nitrogen and oxygen atoms in total. The molecule has 0 spiro atoms. The van der Waals surface area contributed by atoms with Crippen LogP contribution in [0.4, 0.5) is 17.1 Å². The molecular formula is C54H36N2O. The van der Waals surface area contributed by atoms with E-state index in [2.05, 4.69) is 216 Å². The maximum absolute atomic E-state index is 6.16. The maximum atomic E-state index is 6.16. The largest absolute Gasteiger partial charge is 0.456 e. The third-order valence-electron chi connectivity index (χ3n) is 11.2. The van der Waals surface area contributed by atoms with E-state index >= 15 is 0 Å². The van der Waals surface area contributed by atoms with Crippen molar-refractivity contribution in [2.75, 3.05) is 4.90 Å². The summed E-state index contributed by atoms with van der Waals surface area (Å²) in [5.74, 6) is 0. The van der Waals surface area contributed by atoms with Gasteiger partial charge in [0.15, 0.2) is 0 Å². The van der Waals surface area contributed by atoms with Crippen LogP contribution in [0.1, 0.15) is 0 Å². The van der Waals surface area contributed by atoms with Crippen LogP contribution in [0.5, 0.6) is 0 Å². The van der Waals surface area contributed by atoms with E-state index in [-0.39, 0.29) is 0 Å². The van der Waals surface area contributed by atoms with Gasteiger partial charge in [-0.2, -0.15) is 0 Å². The number of aromatic nitrogens is 1. The third-order valence-corrected chi connectivity index (χ3v) is 11.2. The second-order valence-corrected chi connectivity index (χ2v) is 14.6. The Balaban J connectivity index is 1.01. The van der Waals surface area contributed by atoms with Gasteiger partial charge in [-0.15, -0.1) is 0 Å². The van der Waals surface area contributed by atoms with Crippen molar-refractivity contribution in [2.45, 2.75) is 0 Å².